The molecule has 0 spiro atoms. The van der Waals surface area contributed by atoms with Gasteiger partial charge in [0.2, 0.25) is 0 Å². The summed E-state index contributed by atoms with van der Waals surface area (Å²) in [6, 6.07) is 2.19. The van der Waals surface area contributed by atoms with Crippen molar-refractivity contribution in [3.8, 4) is 0 Å². The SMILES string of the molecule is CCC1CCCCN1c1nccc(CNC)c1F. The fourth-order valence-electron chi connectivity index (χ4n) is 2.70. The fourth-order valence-corrected chi connectivity index (χ4v) is 2.70. The average molecular weight is 251 g/mol. The van der Waals surface area contributed by atoms with Gasteiger partial charge in [0.1, 0.15) is 0 Å². The summed E-state index contributed by atoms with van der Waals surface area (Å²) in [7, 11) is 1.83. The molecule has 1 N–H and O–H groups in total. The Hall–Kier alpha value is -1.16. The number of pyridine rings is 1. The molecular formula is C14H22FN3. The third-order valence-corrected chi connectivity index (χ3v) is 3.69. The molecule has 1 aliphatic heterocycles. The van der Waals surface area contributed by atoms with E-state index in [9.17, 15) is 4.39 Å². The molecule has 1 aromatic heterocycles. The number of nitrogens with one attached hydrogen (secondary N) is 1. The van der Waals surface area contributed by atoms with Crippen LogP contribution < -0.4 is 10.2 Å². The maximum Gasteiger partial charge on any atom is 0.170 e. The number of piperidine rings is 1. The molecule has 3 nitrogen and oxygen atoms in total. The molecule has 100 valence electrons. The zero-order valence-electron chi connectivity index (χ0n) is 11.2. The molecule has 1 fully saturated rings. The van der Waals surface area contributed by atoms with Crippen LogP contribution >= 0.6 is 0 Å². The van der Waals surface area contributed by atoms with Crippen molar-refractivity contribution >= 4 is 5.82 Å². The minimum Gasteiger partial charge on any atom is -0.351 e. The first-order valence-electron chi connectivity index (χ1n) is 6.82. The van der Waals surface area contributed by atoms with E-state index in [1.165, 1.54) is 6.42 Å². The van der Waals surface area contributed by atoms with Gasteiger partial charge < -0.3 is 10.2 Å². The second kappa shape index (κ2) is 6.14. The molecule has 0 aliphatic carbocycles. The largest absolute Gasteiger partial charge is 0.351 e. The van der Waals surface area contributed by atoms with Gasteiger partial charge in [-0.2, -0.15) is 0 Å². The number of halogens is 1. The monoisotopic (exact) mass is 251 g/mol. The quantitative estimate of drug-likeness (QED) is 0.892. The Labute approximate surface area is 108 Å². The molecule has 4 heteroatoms. The van der Waals surface area contributed by atoms with Crippen LogP contribution in [-0.4, -0.2) is 24.6 Å². The highest BCUT2D eigenvalue weighted by Crippen LogP contribution is 2.28. The van der Waals surface area contributed by atoms with E-state index in [0.29, 0.717) is 24.0 Å². The zero-order chi connectivity index (χ0) is 13.0. The van der Waals surface area contributed by atoms with Gasteiger partial charge in [0, 0.05) is 30.9 Å². The molecule has 1 atom stereocenters. The standard InChI is InChI=1S/C14H22FN3/c1-3-12-6-4-5-9-18(12)14-13(15)11(10-16-2)7-8-17-14/h7-8,12,16H,3-6,9-10H2,1-2H3. The van der Waals surface area contributed by atoms with E-state index in [1.807, 2.05) is 7.05 Å². The van der Waals surface area contributed by atoms with Crippen molar-refractivity contribution in [1.29, 1.82) is 0 Å². The molecule has 0 saturated carbocycles. The summed E-state index contributed by atoms with van der Waals surface area (Å²) in [5.41, 5.74) is 0.697. The average Bonchev–Trinajstić information content (AvgIpc) is 2.41. The summed E-state index contributed by atoms with van der Waals surface area (Å²) in [6.07, 6.45) is 6.29. The molecule has 18 heavy (non-hydrogen) atoms. The summed E-state index contributed by atoms with van der Waals surface area (Å²) < 4.78 is 14.4. The van der Waals surface area contributed by atoms with Crippen molar-refractivity contribution in [3.05, 3.63) is 23.6 Å². The number of anilines is 1. The van der Waals surface area contributed by atoms with Crippen molar-refractivity contribution in [2.45, 2.75) is 45.2 Å². The van der Waals surface area contributed by atoms with Gasteiger partial charge in [-0.3, -0.25) is 0 Å². The number of nitrogens with zero attached hydrogens (tertiary/aromatic N) is 2. The van der Waals surface area contributed by atoms with E-state index in [4.69, 9.17) is 0 Å². The molecule has 0 aromatic carbocycles. The van der Waals surface area contributed by atoms with E-state index in [-0.39, 0.29) is 5.82 Å². The normalized spacial score (nSPS) is 20.2. The molecule has 1 aliphatic rings. The van der Waals surface area contributed by atoms with Crippen LogP contribution in [0.25, 0.3) is 0 Å². The van der Waals surface area contributed by atoms with E-state index in [2.05, 4.69) is 22.1 Å². The molecule has 1 unspecified atom stereocenters. The Morgan fingerprint density at radius 3 is 3.06 bits per heavy atom. The summed E-state index contributed by atoms with van der Waals surface area (Å²) in [5.74, 6) is 0.376. The smallest absolute Gasteiger partial charge is 0.170 e. The van der Waals surface area contributed by atoms with Crippen LogP contribution in [0.1, 0.15) is 38.2 Å². The molecule has 2 heterocycles. The van der Waals surface area contributed by atoms with Crippen LogP contribution in [-0.2, 0) is 6.54 Å². The van der Waals surface area contributed by atoms with Gasteiger partial charge in [-0.05, 0) is 38.8 Å². The first-order chi connectivity index (χ1) is 8.77. The fraction of sp³-hybridized carbons (Fsp3) is 0.643. The highest BCUT2D eigenvalue weighted by molar-refractivity contribution is 5.44. The predicted molar refractivity (Wildman–Crippen MR) is 72.2 cm³/mol. The van der Waals surface area contributed by atoms with Crippen LogP contribution in [0.2, 0.25) is 0 Å². The Balaban J connectivity index is 2.28. The maximum absolute atomic E-state index is 14.4. The van der Waals surface area contributed by atoms with E-state index >= 15 is 0 Å². The first-order valence-corrected chi connectivity index (χ1v) is 6.82. The second-order valence-electron chi connectivity index (χ2n) is 4.89. The minimum atomic E-state index is -0.160. The highest BCUT2D eigenvalue weighted by atomic mass is 19.1. The lowest BCUT2D eigenvalue weighted by atomic mass is 10.00. The molecule has 2 rings (SSSR count). The van der Waals surface area contributed by atoms with Crippen LogP contribution in [0.5, 0.6) is 0 Å². The highest BCUT2D eigenvalue weighted by Gasteiger charge is 2.25. The van der Waals surface area contributed by atoms with Crippen LogP contribution in [0.4, 0.5) is 10.2 Å². The molecule has 0 bridgehead atoms. The summed E-state index contributed by atoms with van der Waals surface area (Å²) in [6.45, 7) is 3.63. The van der Waals surface area contributed by atoms with Gasteiger partial charge in [0.15, 0.2) is 11.6 Å². The molecule has 0 amide bonds. The van der Waals surface area contributed by atoms with E-state index in [1.54, 1.807) is 12.3 Å². The third kappa shape index (κ3) is 2.64. The van der Waals surface area contributed by atoms with Gasteiger partial charge in [0.05, 0.1) is 0 Å². The summed E-state index contributed by atoms with van der Waals surface area (Å²) in [4.78, 5) is 6.42. The van der Waals surface area contributed by atoms with Gasteiger partial charge in [0.25, 0.3) is 0 Å². The van der Waals surface area contributed by atoms with Gasteiger partial charge in [-0.1, -0.05) is 6.92 Å². The summed E-state index contributed by atoms with van der Waals surface area (Å²) in [5, 5.41) is 2.99. The molecule has 0 radical (unpaired) electrons. The lowest BCUT2D eigenvalue weighted by molar-refractivity contribution is 0.438. The van der Waals surface area contributed by atoms with Crippen LogP contribution in [0.15, 0.2) is 12.3 Å². The van der Waals surface area contributed by atoms with Gasteiger partial charge in [-0.15, -0.1) is 0 Å². The Bertz CT molecular complexity index is 395. The van der Waals surface area contributed by atoms with Crippen molar-refractivity contribution < 1.29 is 4.39 Å². The first kappa shape index (κ1) is 13.3. The number of hydrogen-bond acceptors (Lipinski definition) is 3. The minimum absolute atomic E-state index is 0.160. The zero-order valence-corrected chi connectivity index (χ0v) is 11.2. The van der Waals surface area contributed by atoms with Gasteiger partial charge >= 0.3 is 0 Å². The third-order valence-electron chi connectivity index (χ3n) is 3.69. The maximum atomic E-state index is 14.4. The predicted octanol–water partition coefficient (Wildman–Crippen LogP) is 2.71. The number of hydrogen-bond donors (Lipinski definition) is 1. The Morgan fingerprint density at radius 1 is 1.50 bits per heavy atom. The summed E-state index contributed by atoms with van der Waals surface area (Å²) >= 11 is 0. The van der Waals surface area contributed by atoms with Crippen molar-refractivity contribution in [2.24, 2.45) is 0 Å². The lowest BCUT2D eigenvalue weighted by Crippen LogP contribution is -2.40. The number of rotatable bonds is 4. The van der Waals surface area contributed by atoms with Crippen molar-refractivity contribution in [3.63, 3.8) is 0 Å². The molecule has 1 aromatic rings. The Morgan fingerprint density at radius 2 is 2.33 bits per heavy atom. The van der Waals surface area contributed by atoms with Crippen LogP contribution in [0, 0.1) is 5.82 Å². The van der Waals surface area contributed by atoms with Crippen LogP contribution in [0.3, 0.4) is 0 Å². The lowest BCUT2D eigenvalue weighted by Gasteiger charge is -2.36. The topological polar surface area (TPSA) is 28.2 Å². The van der Waals surface area contributed by atoms with Gasteiger partial charge in [-0.25, -0.2) is 9.37 Å². The Kier molecular flexibility index (Phi) is 4.53. The number of aromatic nitrogens is 1. The van der Waals surface area contributed by atoms with Crippen molar-refractivity contribution in [1.82, 2.24) is 10.3 Å². The van der Waals surface area contributed by atoms with E-state index < -0.39 is 0 Å². The van der Waals surface area contributed by atoms with Crippen molar-refractivity contribution in [2.75, 3.05) is 18.5 Å². The molecule has 1 saturated heterocycles. The molecular weight excluding hydrogens is 229 g/mol. The van der Waals surface area contributed by atoms with E-state index in [0.717, 1.165) is 25.8 Å². The second-order valence-corrected chi connectivity index (χ2v) is 4.89.